The Labute approximate surface area is 211 Å². The van der Waals surface area contributed by atoms with Crippen LogP contribution in [-0.2, 0) is 27.1 Å². The van der Waals surface area contributed by atoms with E-state index in [0.717, 1.165) is 37.1 Å². The van der Waals surface area contributed by atoms with Crippen molar-refractivity contribution in [1.29, 1.82) is 0 Å². The number of aromatic nitrogens is 2. The average molecular weight is 501 g/mol. The third-order valence-corrected chi connectivity index (χ3v) is 5.51. The number of carbonyl (C=O) groups is 3. The summed E-state index contributed by atoms with van der Waals surface area (Å²) in [4.78, 5) is 45.9. The first-order chi connectivity index (χ1) is 17.3. The Morgan fingerprint density at radius 2 is 1.81 bits per heavy atom. The van der Waals surface area contributed by atoms with Gasteiger partial charge in [0.25, 0.3) is 0 Å². The van der Waals surface area contributed by atoms with E-state index >= 15 is 0 Å². The van der Waals surface area contributed by atoms with Crippen LogP contribution in [0.15, 0.2) is 30.0 Å². The molecule has 3 N–H and O–H groups in total. The highest BCUT2D eigenvalue weighted by atomic mass is 16.5. The lowest BCUT2D eigenvalue weighted by molar-refractivity contribution is -0.134. The molecule has 0 fully saturated rings. The van der Waals surface area contributed by atoms with E-state index in [9.17, 15) is 19.5 Å². The second-order valence-corrected chi connectivity index (χ2v) is 8.27. The summed E-state index contributed by atoms with van der Waals surface area (Å²) >= 11 is 0. The number of aromatic amines is 1. The van der Waals surface area contributed by atoms with E-state index in [1.54, 1.807) is 12.1 Å². The summed E-state index contributed by atoms with van der Waals surface area (Å²) < 4.78 is 9.66. The van der Waals surface area contributed by atoms with Gasteiger partial charge in [-0.05, 0) is 36.6 Å². The number of carboxylic acids is 1. The molecule has 0 unspecified atom stereocenters. The zero-order valence-electron chi connectivity index (χ0n) is 21.4. The summed E-state index contributed by atoms with van der Waals surface area (Å²) in [6.07, 6.45) is 5.93. The molecule has 0 aliphatic rings. The minimum Gasteiger partial charge on any atom is -0.477 e. The molecule has 0 spiro atoms. The maximum absolute atomic E-state index is 12.7. The summed E-state index contributed by atoms with van der Waals surface area (Å²) in [5, 5.41) is 12.6. The Bertz CT molecular complexity index is 1050. The summed E-state index contributed by atoms with van der Waals surface area (Å²) in [7, 11) is 2.77. The van der Waals surface area contributed by atoms with Gasteiger partial charge in [-0.3, -0.25) is 4.90 Å². The van der Waals surface area contributed by atoms with Crippen LogP contribution < -0.4 is 5.32 Å². The summed E-state index contributed by atoms with van der Waals surface area (Å²) in [5.41, 5.74) is 2.34. The number of carboxylic acid groups (broad SMARTS) is 1. The number of rotatable bonds is 14. The van der Waals surface area contributed by atoms with Gasteiger partial charge in [-0.15, -0.1) is 0 Å². The molecule has 36 heavy (non-hydrogen) atoms. The lowest BCUT2D eigenvalue weighted by atomic mass is 10.1. The molecule has 0 bridgehead atoms. The number of amides is 2. The van der Waals surface area contributed by atoms with Gasteiger partial charge in [0, 0.05) is 26.5 Å². The first-order valence-corrected chi connectivity index (χ1v) is 12.1. The molecule has 0 aliphatic carbocycles. The minimum absolute atomic E-state index is 0.0353. The topological polar surface area (TPSA) is 134 Å². The van der Waals surface area contributed by atoms with Gasteiger partial charge in [-0.1, -0.05) is 38.8 Å². The smallest absolute Gasteiger partial charge is 0.352 e. The van der Waals surface area contributed by atoms with Gasteiger partial charge in [0.1, 0.15) is 18.3 Å². The lowest BCUT2D eigenvalue weighted by Crippen LogP contribution is -2.42. The fourth-order valence-electron chi connectivity index (χ4n) is 3.53. The van der Waals surface area contributed by atoms with Crippen LogP contribution in [0.1, 0.15) is 72.7 Å². The molecular formula is C26H36N4O6. The van der Waals surface area contributed by atoms with Crippen molar-refractivity contribution in [3.8, 4) is 0 Å². The molecule has 0 atom stereocenters. The Morgan fingerprint density at radius 1 is 1.11 bits per heavy atom. The number of methoxy groups -OCH3 is 2. The Kier molecular flexibility index (Phi) is 11.6. The van der Waals surface area contributed by atoms with Crippen LogP contribution in [0.25, 0.3) is 6.08 Å². The Hall–Kier alpha value is -3.66. The second kappa shape index (κ2) is 14.7. The first-order valence-electron chi connectivity index (χ1n) is 12.1. The second-order valence-electron chi connectivity index (χ2n) is 8.27. The summed E-state index contributed by atoms with van der Waals surface area (Å²) in [5.74, 6) is -0.897. The molecule has 1 aromatic heterocycles. The van der Waals surface area contributed by atoms with E-state index in [2.05, 4.69) is 17.2 Å². The number of urea groups is 1. The van der Waals surface area contributed by atoms with Crippen LogP contribution in [-0.4, -0.2) is 65.4 Å². The largest absolute Gasteiger partial charge is 0.477 e. The zero-order chi connectivity index (χ0) is 26.5. The lowest BCUT2D eigenvalue weighted by Gasteiger charge is -2.23. The molecular weight excluding hydrogens is 464 g/mol. The number of aliphatic carboxylic acids is 1. The predicted molar refractivity (Wildman–Crippen MR) is 135 cm³/mol. The molecule has 0 saturated carbocycles. The van der Waals surface area contributed by atoms with Crippen molar-refractivity contribution in [2.45, 2.75) is 52.4 Å². The van der Waals surface area contributed by atoms with Crippen molar-refractivity contribution >= 4 is 24.0 Å². The van der Waals surface area contributed by atoms with Crippen molar-refractivity contribution < 1.29 is 29.0 Å². The fourth-order valence-corrected chi connectivity index (χ4v) is 3.53. The van der Waals surface area contributed by atoms with Gasteiger partial charge in [-0.2, -0.15) is 0 Å². The molecule has 0 saturated heterocycles. The van der Waals surface area contributed by atoms with Crippen molar-refractivity contribution in [3.05, 3.63) is 58.3 Å². The van der Waals surface area contributed by atoms with Crippen molar-refractivity contribution in [2.24, 2.45) is 0 Å². The molecule has 10 nitrogen and oxygen atoms in total. The van der Waals surface area contributed by atoms with Crippen LogP contribution in [0, 0.1) is 0 Å². The minimum atomic E-state index is -1.23. The Morgan fingerprint density at radius 3 is 2.39 bits per heavy atom. The number of hydrogen-bond acceptors (Lipinski definition) is 6. The number of nitrogens with zero attached hydrogens (tertiary/aromatic N) is 2. The molecule has 10 heteroatoms. The SMILES string of the molecule is CCCCc1nc(Cc2ccc(C(=O)OC)cc2)c(/C=C(/C(=O)O)N(CCCC)C(=O)NCOC)[nH]1. The summed E-state index contributed by atoms with van der Waals surface area (Å²) in [6, 6.07) is 6.42. The van der Waals surface area contributed by atoms with Gasteiger partial charge < -0.3 is 24.9 Å². The normalized spacial score (nSPS) is 11.3. The van der Waals surface area contributed by atoms with Gasteiger partial charge in [-0.25, -0.2) is 19.4 Å². The zero-order valence-corrected chi connectivity index (χ0v) is 21.4. The number of aryl methyl sites for hydroxylation is 1. The molecule has 0 aliphatic heterocycles. The molecule has 1 aromatic carbocycles. The summed E-state index contributed by atoms with van der Waals surface area (Å²) in [6.45, 7) is 4.26. The average Bonchev–Trinajstić information content (AvgIpc) is 3.26. The number of imidazole rings is 1. The fraction of sp³-hybridized carbons (Fsp3) is 0.462. The van der Waals surface area contributed by atoms with E-state index in [1.807, 2.05) is 19.1 Å². The quantitative estimate of drug-likeness (QED) is 0.203. The molecule has 2 rings (SSSR count). The highest BCUT2D eigenvalue weighted by molar-refractivity contribution is 5.96. The van der Waals surface area contributed by atoms with Crippen LogP contribution >= 0.6 is 0 Å². The third-order valence-electron chi connectivity index (χ3n) is 5.51. The number of benzene rings is 1. The number of H-pyrrole nitrogens is 1. The van der Waals surface area contributed by atoms with Crippen molar-refractivity contribution in [1.82, 2.24) is 20.2 Å². The number of carbonyl (C=O) groups excluding carboxylic acids is 2. The van der Waals surface area contributed by atoms with E-state index in [4.69, 9.17) is 14.5 Å². The standard InChI is InChI=1S/C26H36N4O6/c1-5-7-9-23-28-20(15-18-10-12-19(13-11-18)25(33)36-4)21(29-23)16-22(24(31)32)30(14-8-6-2)26(34)27-17-35-3/h10-13,16H,5-9,14-15,17H2,1-4H3,(H,27,34)(H,28,29)(H,31,32)/b22-16-. The molecule has 2 amide bonds. The van der Waals surface area contributed by atoms with Crippen LogP contribution in [0.3, 0.4) is 0 Å². The number of unbranched alkanes of at least 4 members (excludes halogenated alkanes) is 2. The van der Waals surface area contributed by atoms with Crippen LogP contribution in [0.4, 0.5) is 4.79 Å². The monoisotopic (exact) mass is 500 g/mol. The number of ether oxygens (including phenoxy) is 2. The van der Waals surface area contributed by atoms with Gasteiger partial charge in [0.15, 0.2) is 0 Å². The Balaban J connectivity index is 2.46. The van der Waals surface area contributed by atoms with Gasteiger partial charge in [0.2, 0.25) is 0 Å². The predicted octanol–water partition coefficient (Wildman–Crippen LogP) is 3.97. The highest BCUT2D eigenvalue weighted by Crippen LogP contribution is 2.20. The highest BCUT2D eigenvalue weighted by Gasteiger charge is 2.24. The first kappa shape index (κ1) is 28.6. The molecule has 0 radical (unpaired) electrons. The van der Waals surface area contributed by atoms with Gasteiger partial charge in [0.05, 0.1) is 24.1 Å². The van der Waals surface area contributed by atoms with Gasteiger partial charge >= 0.3 is 18.0 Å². The van der Waals surface area contributed by atoms with Crippen LogP contribution in [0.5, 0.6) is 0 Å². The number of hydrogen-bond donors (Lipinski definition) is 3. The van der Waals surface area contributed by atoms with Crippen molar-refractivity contribution in [2.75, 3.05) is 27.5 Å². The number of nitrogens with one attached hydrogen (secondary N) is 2. The van der Waals surface area contributed by atoms with Crippen LogP contribution in [0.2, 0.25) is 0 Å². The molecule has 1 heterocycles. The van der Waals surface area contributed by atoms with E-state index in [1.165, 1.54) is 25.2 Å². The maximum Gasteiger partial charge on any atom is 0.352 e. The molecule has 196 valence electrons. The van der Waals surface area contributed by atoms with E-state index < -0.39 is 18.0 Å². The maximum atomic E-state index is 12.7. The van der Waals surface area contributed by atoms with E-state index in [0.29, 0.717) is 29.8 Å². The number of esters is 1. The third kappa shape index (κ3) is 8.23. The van der Waals surface area contributed by atoms with E-state index in [-0.39, 0.29) is 19.0 Å². The van der Waals surface area contributed by atoms with Crippen molar-refractivity contribution in [3.63, 3.8) is 0 Å². The molecule has 2 aromatic rings.